The summed E-state index contributed by atoms with van der Waals surface area (Å²) in [7, 11) is 0. The number of allylic oxidation sites excluding steroid dienone is 1. The lowest BCUT2D eigenvalue weighted by Crippen LogP contribution is -2.44. The van der Waals surface area contributed by atoms with Crippen molar-refractivity contribution in [2.75, 3.05) is 10.6 Å². The number of alkyl halides is 7. The number of aliphatic hydroxyl groups excluding tert-OH is 1. The molecule has 1 fully saturated rings. The van der Waals surface area contributed by atoms with Crippen molar-refractivity contribution in [1.82, 2.24) is 15.0 Å². The maximum Gasteiger partial charge on any atom is 0.408 e. The van der Waals surface area contributed by atoms with Crippen LogP contribution in [0.15, 0.2) is 5.83 Å². The average Bonchev–Trinajstić information content (AvgIpc) is 2.57. The van der Waals surface area contributed by atoms with E-state index in [1.807, 2.05) is 5.32 Å². The Morgan fingerprint density at radius 1 is 1.07 bits per heavy atom. The first-order chi connectivity index (χ1) is 13.7. The molecule has 14 heteroatoms. The van der Waals surface area contributed by atoms with Gasteiger partial charge in [0.05, 0.1) is 0 Å². The smallest absolute Gasteiger partial charge is 0.380 e. The fourth-order valence-corrected chi connectivity index (χ4v) is 2.98. The van der Waals surface area contributed by atoms with Gasteiger partial charge in [-0.1, -0.05) is 0 Å². The van der Waals surface area contributed by atoms with Gasteiger partial charge in [-0.05, 0) is 13.3 Å². The summed E-state index contributed by atoms with van der Waals surface area (Å²) in [6.45, 7) is 0.758. The lowest BCUT2D eigenvalue weighted by atomic mass is 9.88. The summed E-state index contributed by atoms with van der Waals surface area (Å²) < 4.78 is 106. The number of anilines is 2. The van der Waals surface area contributed by atoms with E-state index in [2.05, 4.69) is 20.3 Å². The first-order valence-corrected chi connectivity index (χ1v) is 8.86. The second kappa shape index (κ2) is 7.46. The third-order valence-electron chi connectivity index (χ3n) is 4.80. The topological polar surface area (TPSA) is 83.0 Å². The number of hydrogen-bond donors (Lipinski definition) is 3. The summed E-state index contributed by atoms with van der Waals surface area (Å²) in [5.74, 6) is -9.93. The van der Waals surface area contributed by atoms with Crippen LogP contribution in [0, 0.1) is 0 Å². The van der Waals surface area contributed by atoms with Crippen LogP contribution in [0.3, 0.4) is 0 Å². The van der Waals surface area contributed by atoms with E-state index >= 15 is 0 Å². The van der Waals surface area contributed by atoms with Crippen LogP contribution >= 0.6 is 0 Å². The van der Waals surface area contributed by atoms with Crippen molar-refractivity contribution in [1.29, 1.82) is 0 Å². The number of hydrogen-bond acceptors (Lipinski definition) is 6. The number of nitrogens with one attached hydrogen (secondary N) is 2. The molecule has 30 heavy (non-hydrogen) atoms. The zero-order chi connectivity index (χ0) is 22.5. The zero-order valence-corrected chi connectivity index (χ0v) is 15.4. The summed E-state index contributed by atoms with van der Waals surface area (Å²) in [4.78, 5) is 11.1. The molecule has 0 bridgehead atoms. The molecule has 1 aromatic rings. The maximum atomic E-state index is 14.3. The monoisotopic (exact) mass is 447 g/mol. The number of nitrogens with zero attached hydrogens (tertiary/aromatic N) is 3. The molecular weight excluding hydrogens is 430 g/mol. The van der Waals surface area contributed by atoms with Crippen molar-refractivity contribution in [2.45, 2.75) is 68.8 Å². The minimum atomic E-state index is -4.69. The van der Waals surface area contributed by atoms with Crippen LogP contribution in [0.25, 0.3) is 5.57 Å². The molecule has 6 nitrogen and oxygen atoms in total. The van der Waals surface area contributed by atoms with Crippen molar-refractivity contribution < 1.29 is 40.2 Å². The van der Waals surface area contributed by atoms with E-state index in [1.165, 1.54) is 0 Å². The van der Waals surface area contributed by atoms with Crippen LogP contribution in [-0.4, -0.2) is 56.3 Å². The van der Waals surface area contributed by atoms with E-state index in [0.29, 0.717) is 0 Å². The van der Waals surface area contributed by atoms with E-state index in [0.717, 1.165) is 6.92 Å². The molecule has 0 aliphatic heterocycles. The van der Waals surface area contributed by atoms with Crippen molar-refractivity contribution in [2.24, 2.45) is 0 Å². The van der Waals surface area contributed by atoms with Crippen LogP contribution in [-0.2, 0) is 0 Å². The highest BCUT2D eigenvalue weighted by Gasteiger charge is 2.47. The van der Waals surface area contributed by atoms with Crippen molar-refractivity contribution in [3.63, 3.8) is 0 Å². The van der Waals surface area contributed by atoms with Crippen LogP contribution in [0.2, 0.25) is 0 Å². The quantitative estimate of drug-likeness (QED) is 0.594. The summed E-state index contributed by atoms with van der Waals surface area (Å²) in [6.07, 6.45) is -10.1. The standard InChI is InChI=1S/C16H17F8N5O/c1-6(16(22,23)24)25-12-27-11(8-2-3-15(20,21)10(30)9(8)17)28-13(29-12)26-7-4-14(18,19)5-7/h6-7,10,30H,2-5H2,1H3,(H2,25,26,27,28,29)/t6-,10-/m0/s1. The van der Waals surface area contributed by atoms with Crippen LogP contribution in [0.4, 0.5) is 47.0 Å². The minimum absolute atomic E-state index is 0.426. The molecule has 3 rings (SSSR count). The number of aliphatic hydroxyl groups is 1. The molecule has 0 radical (unpaired) electrons. The number of rotatable bonds is 5. The van der Waals surface area contributed by atoms with Gasteiger partial charge in [0, 0.05) is 30.9 Å². The van der Waals surface area contributed by atoms with Gasteiger partial charge in [-0.2, -0.15) is 28.1 Å². The fourth-order valence-electron chi connectivity index (χ4n) is 2.98. The van der Waals surface area contributed by atoms with Crippen LogP contribution < -0.4 is 10.6 Å². The molecule has 2 aliphatic rings. The zero-order valence-electron chi connectivity index (χ0n) is 15.4. The van der Waals surface area contributed by atoms with Gasteiger partial charge >= 0.3 is 6.18 Å². The molecule has 0 spiro atoms. The van der Waals surface area contributed by atoms with Gasteiger partial charge in [0.15, 0.2) is 11.9 Å². The number of aromatic nitrogens is 3. The predicted molar refractivity (Wildman–Crippen MR) is 88.8 cm³/mol. The SMILES string of the molecule is C[C@H](Nc1nc(NC2CC(F)(F)C2)nc(C2=C(F)[C@H](O)C(F)(F)CC2)n1)C(F)(F)F. The first-order valence-electron chi connectivity index (χ1n) is 8.86. The lowest BCUT2D eigenvalue weighted by Gasteiger charge is -2.35. The second-order valence-electron chi connectivity index (χ2n) is 7.31. The third-order valence-corrected chi connectivity index (χ3v) is 4.80. The molecule has 1 heterocycles. The van der Waals surface area contributed by atoms with E-state index < -0.39 is 91.0 Å². The van der Waals surface area contributed by atoms with Crippen LogP contribution in [0.1, 0.15) is 38.4 Å². The van der Waals surface area contributed by atoms with Gasteiger partial charge in [-0.3, -0.25) is 0 Å². The Labute approximate surface area is 164 Å². The molecule has 0 aromatic carbocycles. The van der Waals surface area contributed by atoms with Crippen molar-refractivity contribution in [3.8, 4) is 0 Å². The summed E-state index contributed by atoms with van der Waals surface area (Å²) in [5.41, 5.74) is -0.527. The van der Waals surface area contributed by atoms with E-state index in [9.17, 15) is 40.2 Å². The highest BCUT2D eigenvalue weighted by atomic mass is 19.4. The molecule has 3 N–H and O–H groups in total. The Bertz CT molecular complexity index is 835. The Morgan fingerprint density at radius 2 is 1.67 bits per heavy atom. The highest BCUT2D eigenvalue weighted by molar-refractivity contribution is 5.66. The molecule has 1 saturated carbocycles. The van der Waals surface area contributed by atoms with Gasteiger partial charge in [0.1, 0.15) is 11.9 Å². The number of halogens is 8. The third kappa shape index (κ3) is 4.73. The summed E-state index contributed by atoms with van der Waals surface area (Å²) >= 11 is 0. The van der Waals surface area contributed by atoms with Gasteiger partial charge in [-0.25, -0.2) is 22.0 Å². The molecule has 2 atom stereocenters. The molecule has 0 amide bonds. The molecule has 168 valence electrons. The summed E-state index contributed by atoms with van der Waals surface area (Å²) in [6, 6.07) is -2.92. The molecule has 0 unspecified atom stereocenters. The van der Waals surface area contributed by atoms with E-state index in [4.69, 9.17) is 0 Å². The van der Waals surface area contributed by atoms with Gasteiger partial charge in [-0.15, -0.1) is 0 Å². The normalized spacial score (nSPS) is 24.9. The first kappa shape index (κ1) is 22.4. The maximum absolute atomic E-state index is 14.3. The van der Waals surface area contributed by atoms with E-state index in [1.54, 1.807) is 0 Å². The summed E-state index contributed by atoms with van der Waals surface area (Å²) in [5, 5.41) is 13.9. The Hall–Kier alpha value is -2.25. The average molecular weight is 447 g/mol. The molecule has 1 aromatic heterocycles. The molecule has 2 aliphatic carbocycles. The largest absolute Gasteiger partial charge is 0.408 e. The van der Waals surface area contributed by atoms with Gasteiger partial charge in [0.2, 0.25) is 11.9 Å². The predicted octanol–water partition coefficient (Wildman–Crippen LogP) is 3.91. The molecule has 0 saturated heterocycles. The van der Waals surface area contributed by atoms with Gasteiger partial charge in [0.25, 0.3) is 11.8 Å². The van der Waals surface area contributed by atoms with E-state index in [-0.39, 0.29) is 0 Å². The Morgan fingerprint density at radius 3 is 2.23 bits per heavy atom. The van der Waals surface area contributed by atoms with Crippen molar-refractivity contribution in [3.05, 3.63) is 11.7 Å². The Balaban J connectivity index is 1.94. The Kier molecular flexibility index (Phi) is 5.58. The molecular formula is C16H17F8N5O. The minimum Gasteiger partial charge on any atom is -0.380 e. The van der Waals surface area contributed by atoms with Crippen molar-refractivity contribution >= 4 is 17.5 Å². The highest BCUT2D eigenvalue weighted by Crippen LogP contribution is 2.42. The lowest BCUT2D eigenvalue weighted by molar-refractivity contribution is -0.138. The fraction of sp³-hybridized carbons (Fsp3) is 0.688. The van der Waals surface area contributed by atoms with Gasteiger partial charge < -0.3 is 15.7 Å². The second-order valence-corrected chi connectivity index (χ2v) is 7.31. The van der Waals surface area contributed by atoms with Crippen LogP contribution in [0.5, 0.6) is 0 Å².